The molecule has 0 radical (unpaired) electrons. The van der Waals surface area contributed by atoms with Crippen molar-refractivity contribution in [2.24, 2.45) is 0 Å². The number of amides is 1. The number of nitrogens with one attached hydrogen (secondary N) is 2. The van der Waals surface area contributed by atoms with E-state index in [-0.39, 0.29) is 5.91 Å². The number of carbonyl (C=O) groups excluding carboxylic acids is 1. The molecule has 0 saturated carbocycles. The molecular weight excluding hydrogens is 353 g/mol. The molecule has 1 aromatic carbocycles. The topological polar surface area (TPSA) is 44.4 Å². The molecule has 0 bridgehead atoms. The first-order valence-corrected chi connectivity index (χ1v) is 7.64. The Morgan fingerprint density at radius 2 is 2.11 bits per heavy atom. The predicted octanol–water partition coefficient (Wildman–Crippen LogP) is 1.91. The molecule has 2 N–H and O–H groups in total. The zero-order valence-electron chi connectivity index (χ0n) is 11.3. The second-order valence-corrected chi connectivity index (χ2v) is 6.47. The van der Waals surface area contributed by atoms with Crippen LogP contribution in [0.4, 0.5) is 5.69 Å². The number of benzene rings is 1. The number of piperazine rings is 1. The third-order valence-corrected chi connectivity index (χ3v) is 3.78. The fraction of sp³-hybridized carbons (Fsp3) is 0.500. The summed E-state index contributed by atoms with van der Waals surface area (Å²) in [5.74, 6) is 0.0586. The number of rotatable bonds is 3. The molecule has 5 heteroatoms. The minimum absolute atomic E-state index is 0.0586. The summed E-state index contributed by atoms with van der Waals surface area (Å²) in [4.78, 5) is 14.2. The average Bonchev–Trinajstić information content (AvgIpc) is 2.26. The van der Waals surface area contributed by atoms with E-state index in [0.717, 1.165) is 22.3 Å². The molecule has 1 aliphatic rings. The van der Waals surface area contributed by atoms with Crippen molar-refractivity contribution in [3.63, 3.8) is 0 Å². The Kier molecular flexibility index (Phi) is 5.18. The molecule has 1 aromatic rings. The fourth-order valence-corrected chi connectivity index (χ4v) is 3.08. The SMILES string of the molecule is CC1CN(CC(=O)Nc2cccc(I)c2)CC(C)N1. The van der Waals surface area contributed by atoms with Gasteiger partial charge in [0, 0.05) is 34.4 Å². The van der Waals surface area contributed by atoms with E-state index in [1.807, 2.05) is 24.3 Å². The van der Waals surface area contributed by atoms with E-state index in [2.05, 4.69) is 52.0 Å². The first-order chi connectivity index (χ1) is 9.02. The van der Waals surface area contributed by atoms with Gasteiger partial charge in [0.25, 0.3) is 0 Å². The standard InChI is InChI=1S/C14H20IN3O/c1-10-7-18(8-11(2)16-10)9-14(19)17-13-5-3-4-12(15)6-13/h3-6,10-11,16H,7-9H2,1-2H3,(H,17,19). The summed E-state index contributed by atoms with van der Waals surface area (Å²) in [6, 6.07) is 8.73. The highest BCUT2D eigenvalue weighted by atomic mass is 127. The van der Waals surface area contributed by atoms with Crippen molar-refractivity contribution in [2.45, 2.75) is 25.9 Å². The van der Waals surface area contributed by atoms with Gasteiger partial charge in [-0.05, 0) is 54.6 Å². The minimum atomic E-state index is 0.0586. The van der Waals surface area contributed by atoms with Gasteiger partial charge in [0.05, 0.1) is 6.54 Å². The van der Waals surface area contributed by atoms with Crippen molar-refractivity contribution in [1.82, 2.24) is 10.2 Å². The van der Waals surface area contributed by atoms with Gasteiger partial charge in [-0.15, -0.1) is 0 Å². The average molecular weight is 373 g/mol. The zero-order chi connectivity index (χ0) is 13.8. The van der Waals surface area contributed by atoms with Gasteiger partial charge in [0.15, 0.2) is 0 Å². The van der Waals surface area contributed by atoms with Crippen LogP contribution in [-0.4, -0.2) is 42.5 Å². The lowest BCUT2D eigenvalue weighted by Gasteiger charge is -2.35. The van der Waals surface area contributed by atoms with Gasteiger partial charge >= 0.3 is 0 Å². The third-order valence-electron chi connectivity index (χ3n) is 3.11. The Hall–Kier alpha value is -0.660. The first kappa shape index (κ1) is 14.7. The molecule has 1 aliphatic heterocycles. The van der Waals surface area contributed by atoms with Gasteiger partial charge in [-0.1, -0.05) is 6.07 Å². The molecule has 0 aliphatic carbocycles. The van der Waals surface area contributed by atoms with Crippen LogP contribution in [0.25, 0.3) is 0 Å². The van der Waals surface area contributed by atoms with Crippen LogP contribution in [0.3, 0.4) is 0 Å². The Bertz CT molecular complexity index is 442. The lowest BCUT2D eigenvalue weighted by atomic mass is 10.1. The number of halogens is 1. The van der Waals surface area contributed by atoms with Crippen molar-refractivity contribution in [3.05, 3.63) is 27.8 Å². The van der Waals surface area contributed by atoms with Crippen molar-refractivity contribution in [2.75, 3.05) is 25.0 Å². The largest absolute Gasteiger partial charge is 0.325 e. The minimum Gasteiger partial charge on any atom is -0.325 e. The lowest BCUT2D eigenvalue weighted by molar-refractivity contribution is -0.117. The quantitative estimate of drug-likeness (QED) is 0.796. The van der Waals surface area contributed by atoms with Crippen LogP contribution in [0, 0.1) is 3.57 Å². The van der Waals surface area contributed by atoms with Crippen LogP contribution in [0.1, 0.15) is 13.8 Å². The second kappa shape index (κ2) is 6.67. The van der Waals surface area contributed by atoms with Gasteiger partial charge in [0.2, 0.25) is 5.91 Å². The Labute approximate surface area is 128 Å². The van der Waals surface area contributed by atoms with Gasteiger partial charge in [-0.2, -0.15) is 0 Å². The maximum absolute atomic E-state index is 12.0. The van der Waals surface area contributed by atoms with Crippen LogP contribution in [-0.2, 0) is 4.79 Å². The van der Waals surface area contributed by atoms with Crippen molar-refractivity contribution in [1.29, 1.82) is 0 Å². The Morgan fingerprint density at radius 1 is 1.42 bits per heavy atom. The second-order valence-electron chi connectivity index (χ2n) is 5.22. The molecule has 2 rings (SSSR count). The lowest BCUT2D eigenvalue weighted by Crippen LogP contribution is -2.55. The van der Waals surface area contributed by atoms with Crippen LogP contribution in [0.2, 0.25) is 0 Å². The summed E-state index contributed by atoms with van der Waals surface area (Å²) in [5.41, 5.74) is 0.869. The Balaban J connectivity index is 1.87. The highest BCUT2D eigenvalue weighted by molar-refractivity contribution is 14.1. The van der Waals surface area contributed by atoms with Crippen molar-refractivity contribution < 1.29 is 4.79 Å². The molecule has 1 saturated heterocycles. The zero-order valence-corrected chi connectivity index (χ0v) is 13.5. The van der Waals surface area contributed by atoms with Crippen LogP contribution in [0.5, 0.6) is 0 Å². The molecule has 0 spiro atoms. The molecule has 2 unspecified atom stereocenters. The van der Waals surface area contributed by atoms with Crippen LogP contribution >= 0.6 is 22.6 Å². The van der Waals surface area contributed by atoms with E-state index >= 15 is 0 Å². The van der Waals surface area contributed by atoms with E-state index in [0.29, 0.717) is 18.6 Å². The molecule has 2 atom stereocenters. The normalized spacial score (nSPS) is 24.2. The maximum Gasteiger partial charge on any atom is 0.238 e. The molecule has 1 fully saturated rings. The first-order valence-electron chi connectivity index (χ1n) is 6.57. The van der Waals surface area contributed by atoms with E-state index in [9.17, 15) is 4.79 Å². The van der Waals surface area contributed by atoms with E-state index in [4.69, 9.17) is 0 Å². The van der Waals surface area contributed by atoms with Gasteiger partial charge in [-0.3, -0.25) is 9.69 Å². The predicted molar refractivity (Wildman–Crippen MR) is 86.3 cm³/mol. The molecular formula is C14H20IN3O. The molecule has 4 nitrogen and oxygen atoms in total. The highest BCUT2D eigenvalue weighted by Gasteiger charge is 2.22. The van der Waals surface area contributed by atoms with E-state index in [1.165, 1.54) is 0 Å². The van der Waals surface area contributed by atoms with Gasteiger partial charge < -0.3 is 10.6 Å². The molecule has 1 amide bonds. The van der Waals surface area contributed by atoms with Crippen molar-refractivity contribution in [3.8, 4) is 0 Å². The smallest absolute Gasteiger partial charge is 0.238 e. The summed E-state index contributed by atoms with van der Waals surface area (Å²) < 4.78 is 1.12. The fourth-order valence-electron chi connectivity index (χ4n) is 2.54. The third kappa shape index (κ3) is 4.74. The summed E-state index contributed by atoms with van der Waals surface area (Å²) in [6.45, 7) is 6.61. The van der Waals surface area contributed by atoms with Crippen molar-refractivity contribution >= 4 is 34.2 Å². The highest BCUT2D eigenvalue weighted by Crippen LogP contribution is 2.12. The number of nitrogens with zero attached hydrogens (tertiary/aromatic N) is 1. The maximum atomic E-state index is 12.0. The monoisotopic (exact) mass is 373 g/mol. The molecule has 104 valence electrons. The summed E-state index contributed by atoms with van der Waals surface area (Å²) >= 11 is 2.24. The molecule has 1 heterocycles. The summed E-state index contributed by atoms with van der Waals surface area (Å²) in [7, 11) is 0. The number of carbonyl (C=O) groups is 1. The number of hydrogen-bond acceptors (Lipinski definition) is 3. The van der Waals surface area contributed by atoms with Crippen LogP contribution in [0.15, 0.2) is 24.3 Å². The van der Waals surface area contributed by atoms with E-state index < -0.39 is 0 Å². The molecule has 0 aromatic heterocycles. The number of hydrogen-bond donors (Lipinski definition) is 2. The van der Waals surface area contributed by atoms with Crippen LogP contribution < -0.4 is 10.6 Å². The molecule has 19 heavy (non-hydrogen) atoms. The number of anilines is 1. The van der Waals surface area contributed by atoms with Gasteiger partial charge in [0.1, 0.15) is 0 Å². The van der Waals surface area contributed by atoms with E-state index in [1.54, 1.807) is 0 Å². The summed E-state index contributed by atoms with van der Waals surface area (Å²) in [5, 5.41) is 6.42. The summed E-state index contributed by atoms with van der Waals surface area (Å²) in [6.07, 6.45) is 0. The Morgan fingerprint density at radius 3 is 2.74 bits per heavy atom. The van der Waals surface area contributed by atoms with Gasteiger partial charge in [-0.25, -0.2) is 0 Å².